The Hall–Kier alpha value is -1.64. The molecule has 1 amide bonds. The van der Waals surface area contributed by atoms with E-state index in [4.69, 9.17) is 0 Å². The SMILES string of the molecule is CC(C)Cc1ccc(NC(=O)C=O)cc1. The van der Waals surface area contributed by atoms with Crippen molar-refractivity contribution in [2.24, 2.45) is 5.92 Å². The minimum Gasteiger partial charge on any atom is -0.320 e. The molecule has 15 heavy (non-hydrogen) atoms. The molecule has 0 aromatic heterocycles. The molecule has 0 heterocycles. The third kappa shape index (κ3) is 3.94. The minimum absolute atomic E-state index is 0.266. The Labute approximate surface area is 89.5 Å². The van der Waals surface area contributed by atoms with Gasteiger partial charge in [0, 0.05) is 5.69 Å². The number of hydrogen-bond acceptors (Lipinski definition) is 2. The first-order valence-corrected chi connectivity index (χ1v) is 4.97. The second-order valence-corrected chi connectivity index (χ2v) is 3.90. The van der Waals surface area contributed by atoms with E-state index < -0.39 is 5.91 Å². The highest BCUT2D eigenvalue weighted by molar-refractivity contribution is 6.29. The van der Waals surface area contributed by atoms with E-state index in [9.17, 15) is 9.59 Å². The average Bonchev–Trinajstić information content (AvgIpc) is 2.20. The van der Waals surface area contributed by atoms with Crippen LogP contribution in [0.25, 0.3) is 0 Å². The number of hydrogen-bond donors (Lipinski definition) is 1. The summed E-state index contributed by atoms with van der Waals surface area (Å²) in [6.45, 7) is 4.31. The van der Waals surface area contributed by atoms with Gasteiger partial charge in [-0.3, -0.25) is 9.59 Å². The number of nitrogens with one attached hydrogen (secondary N) is 1. The van der Waals surface area contributed by atoms with Crippen LogP contribution in [0.1, 0.15) is 19.4 Å². The second kappa shape index (κ2) is 5.29. The van der Waals surface area contributed by atoms with Gasteiger partial charge in [-0.25, -0.2) is 0 Å². The van der Waals surface area contributed by atoms with Crippen molar-refractivity contribution < 1.29 is 9.59 Å². The molecule has 80 valence electrons. The number of rotatable bonds is 4. The molecule has 0 radical (unpaired) electrons. The van der Waals surface area contributed by atoms with Crippen molar-refractivity contribution in [3.63, 3.8) is 0 Å². The highest BCUT2D eigenvalue weighted by Gasteiger charge is 2.00. The standard InChI is InChI=1S/C12H15NO2/c1-9(2)7-10-3-5-11(6-4-10)13-12(15)8-14/h3-6,8-9H,7H2,1-2H3,(H,13,15). The third-order valence-electron chi connectivity index (χ3n) is 1.97. The summed E-state index contributed by atoms with van der Waals surface area (Å²) in [7, 11) is 0. The van der Waals surface area contributed by atoms with Crippen molar-refractivity contribution in [3.05, 3.63) is 29.8 Å². The smallest absolute Gasteiger partial charge is 0.288 e. The lowest BCUT2D eigenvalue weighted by molar-refractivity contribution is -0.127. The van der Waals surface area contributed by atoms with Crippen LogP contribution in [0.3, 0.4) is 0 Å². The topological polar surface area (TPSA) is 46.2 Å². The molecule has 0 aliphatic heterocycles. The van der Waals surface area contributed by atoms with Crippen LogP contribution >= 0.6 is 0 Å². The average molecular weight is 205 g/mol. The van der Waals surface area contributed by atoms with Crippen LogP contribution in [0.4, 0.5) is 5.69 Å². The number of benzene rings is 1. The first kappa shape index (κ1) is 11.4. The van der Waals surface area contributed by atoms with E-state index >= 15 is 0 Å². The van der Waals surface area contributed by atoms with Gasteiger partial charge < -0.3 is 5.32 Å². The van der Waals surface area contributed by atoms with Crippen molar-refractivity contribution in [2.45, 2.75) is 20.3 Å². The minimum atomic E-state index is -0.619. The van der Waals surface area contributed by atoms with Gasteiger partial charge in [0.05, 0.1) is 0 Å². The lowest BCUT2D eigenvalue weighted by atomic mass is 10.0. The fraction of sp³-hybridized carbons (Fsp3) is 0.333. The zero-order chi connectivity index (χ0) is 11.3. The van der Waals surface area contributed by atoms with Crippen LogP contribution in [0, 0.1) is 5.92 Å². The summed E-state index contributed by atoms with van der Waals surface area (Å²) in [6, 6.07) is 7.53. The lowest BCUT2D eigenvalue weighted by Gasteiger charge is -2.06. The number of carbonyl (C=O) groups excluding carboxylic acids is 2. The molecule has 0 saturated heterocycles. The van der Waals surface area contributed by atoms with Crippen LogP contribution in [-0.2, 0) is 16.0 Å². The van der Waals surface area contributed by atoms with Crippen molar-refractivity contribution in [1.82, 2.24) is 0 Å². The second-order valence-electron chi connectivity index (χ2n) is 3.90. The molecule has 0 atom stereocenters. The summed E-state index contributed by atoms with van der Waals surface area (Å²) in [5, 5.41) is 2.47. The van der Waals surface area contributed by atoms with E-state index in [2.05, 4.69) is 19.2 Å². The molecule has 1 aromatic carbocycles. The molecule has 0 fully saturated rings. The molecule has 0 aliphatic carbocycles. The molecule has 0 saturated carbocycles. The van der Waals surface area contributed by atoms with Crippen molar-refractivity contribution in [1.29, 1.82) is 0 Å². The van der Waals surface area contributed by atoms with Crippen LogP contribution in [0.15, 0.2) is 24.3 Å². The lowest BCUT2D eigenvalue weighted by Crippen LogP contribution is -2.12. The van der Waals surface area contributed by atoms with Crippen LogP contribution in [0.2, 0.25) is 0 Å². The van der Waals surface area contributed by atoms with Gasteiger partial charge in [0.1, 0.15) is 0 Å². The van der Waals surface area contributed by atoms with E-state index in [-0.39, 0.29) is 6.29 Å². The Balaban J connectivity index is 2.63. The zero-order valence-corrected chi connectivity index (χ0v) is 8.99. The number of amides is 1. The van der Waals surface area contributed by atoms with Gasteiger partial charge in [-0.05, 0) is 30.0 Å². The largest absolute Gasteiger partial charge is 0.320 e. The maximum absolute atomic E-state index is 10.8. The van der Waals surface area contributed by atoms with Gasteiger partial charge in [-0.15, -0.1) is 0 Å². The third-order valence-corrected chi connectivity index (χ3v) is 1.97. The molecule has 0 aliphatic rings. The Morgan fingerprint density at radius 2 is 1.93 bits per heavy atom. The highest BCUT2D eigenvalue weighted by atomic mass is 16.2. The molecular weight excluding hydrogens is 190 g/mol. The molecular formula is C12H15NO2. The first-order valence-electron chi connectivity index (χ1n) is 4.97. The maximum Gasteiger partial charge on any atom is 0.288 e. The van der Waals surface area contributed by atoms with Crippen molar-refractivity contribution >= 4 is 17.9 Å². The van der Waals surface area contributed by atoms with Crippen LogP contribution in [-0.4, -0.2) is 12.2 Å². The monoisotopic (exact) mass is 205 g/mol. The summed E-state index contributed by atoms with van der Waals surface area (Å²) >= 11 is 0. The van der Waals surface area contributed by atoms with E-state index in [0.29, 0.717) is 11.6 Å². The van der Waals surface area contributed by atoms with Crippen molar-refractivity contribution in [3.8, 4) is 0 Å². The zero-order valence-electron chi connectivity index (χ0n) is 8.99. The summed E-state index contributed by atoms with van der Waals surface area (Å²) < 4.78 is 0. The predicted octanol–water partition coefficient (Wildman–Crippen LogP) is 2.02. The summed E-state index contributed by atoms with van der Waals surface area (Å²) in [5.41, 5.74) is 1.88. The van der Waals surface area contributed by atoms with E-state index in [1.165, 1.54) is 5.56 Å². The first-order chi connectivity index (χ1) is 7.11. The molecule has 0 bridgehead atoms. The molecule has 1 rings (SSSR count). The summed E-state index contributed by atoms with van der Waals surface area (Å²) in [5.74, 6) is -0.00738. The normalized spacial score (nSPS) is 10.1. The Morgan fingerprint density at radius 1 is 1.33 bits per heavy atom. The molecule has 0 unspecified atom stereocenters. The quantitative estimate of drug-likeness (QED) is 0.603. The number of anilines is 1. The molecule has 1 N–H and O–H groups in total. The molecule has 0 spiro atoms. The maximum atomic E-state index is 10.8. The van der Waals surface area contributed by atoms with Crippen molar-refractivity contribution in [2.75, 3.05) is 5.32 Å². The fourth-order valence-corrected chi connectivity index (χ4v) is 1.37. The number of carbonyl (C=O) groups is 2. The summed E-state index contributed by atoms with van der Waals surface area (Å²) in [4.78, 5) is 20.9. The van der Waals surface area contributed by atoms with E-state index in [1.807, 2.05) is 12.1 Å². The number of aldehydes is 1. The predicted molar refractivity (Wildman–Crippen MR) is 59.7 cm³/mol. The Bertz CT molecular complexity index is 341. The van der Waals surface area contributed by atoms with Gasteiger partial charge >= 0.3 is 0 Å². The highest BCUT2D eigenvalue weighted by Crippen LogP contribution is 2.12. The van der Waals surface area contributed by atoms with Gasteiger partial charge in [0.15, 0.2) is 0 Å². The Kier molecular flexibility index (Phi) is 4.03. The van der Waals surface area contributed by atoms with Gasteiger partial charge in [-0.2, -0.15) is 0 Å². The van der Waals surface area contributed by atoms with Gasteiger partial charge in [-0.1, -0.05) is 26.0 Å². The fourth-order valence-electron chi connectivity index (χ4n) is 1.37. The van der Waals surface area contributed by atoms with Crippen LogP contribution in [0.5, 0.6) is 0 Å². The van der Waals surface area contributed by atoms with Gasteiger partial charge in [0.2, 0.25) is 6.29 Å². The summed E-state index contributed by atoms with van der Waals surface area (Å²) in [6.07, 6.45) is 1.28. The van der Waals surface area contributed by atoms with E-state index in [0.717, 1.165) is 6.42 Å². The van der Waals surface area contributed by atoms with Gasteiger partial charge in [0.25, 0.3) is 5.91 Å². The molecule has 3 nitrogen and oxygen atoms in total. The van der Waals surface area contributed by atoms with E-state index in [1.54, 1.807) is 12.1 Å². The van der Waals surface area contributed by atoms with Crippen LogP contribution < -0.4 is 5.32 Å². The molecule has 1 aromatic rings. The Morgan fingerprint density at radius 3 is 2.40 bits per heavy atom. The molecule has 3 heteroatoms.